The SMILES string of the molecule is Cc1onc(-c2ccc(-c3ccc(CC(=O)O)cc3)cc2)c1NC(=O)OC(C)c1ccc(Cl)cc1F. The lowest BCUT2D eigenvalue weighted by Crippen LogP contribution is -2.17. The summed E-state index contributed by atoms with van der Waals surface area (Å²) in [7, 11) is 0. The number of hydrogen-bond acceptors (Lipinski definition) is 5. The third-order valence-electron chi connectivity index (χ3n) is 5.58. The van der Waals surface area contributed by atoms with E-state index in [2.05, 4.69) is 10.5 Å². The van der Waals surface area contributed by atoms with Gasteiger partial charge in [0.25, 0.3) is 0 Å². The fraction of sp³-hybridized carbons (Fsp3) is 0.148. The number of carboxylic acid groups (broad SMARTS) is 1. The number of amides is 1. The molecule has 0 bridgehead atoms. The fourth-order valence-corrected chi connectivity index (χ4v) is 3.87. The van der Waals surface area contributed by atoms with Crippen LogP contribution in [0, 0.1) is 12.7 Å². The smallest absolute Gasteiger partial charge is 0.412 e. The number of hydrogen-bond donors (Lipinski definition) is 2. The van der Waals surface area contributed by atoms with Crippen LogP contribution in [0.4, 0.5) is 14.9 Å². The van der Waals surface area contributed by atoms with Crippen LogP contribution in [0.25, 0.3) is 22.4 Å². The summed E-state index contributed by atoms with van der Waals surface area (Å²) in [6, 6.07) is 18.9. The average molecular weight is 509 g/mol. The number of carboxylic acids is 1. The van der Waals surface area contributed by atoms with Crippen molar-refractivity contribution in [3.63, 3.8) is 0 Å². The predicted molar refractivity (Wildman–Crippen MR) is 133 cm³/mol. The van der Waals surface area contributed by atoms with Crippen molar-refractivity contribution in [1.29, 1.82) is 0 Å². The summed E-state index contributed by atoms with van der Waals surface area (Å²) in [5.41, 5.74) is 4.23. The fourth-order valence-electron chi connectivity index (χ4n) is 3.71. The number of aromatic nitrogens is 1. The summed E-state index contributed by atoms with van der Waals surface area (Å²) in [5, 5.41) is 15.9. The van der Waals surface area contributed by atoms with E-state index in [1.165, 1.54) is 12.1 Å². The number of halogens is 2. The molecule has 36 heavy (non-hydrogen) atoms. The van der Waals surface area contributed by atoms with Crippen LogP contribution in [0.2, 0.25) is 5.02 Å². The highest BCUT2D eigenvalue weighted by Crippen LogP contribution is 2.32. The number of carbonyl (C=O) groups is 2. The van der Waals surface area contributed by atoms with E-state index in [1.807, 2.05) is 36.4 Å². The first kappa shape index (κ1) is 24.9. The molecule has 1 atom stereocenters. The van der Waals surface area contributed by atoms with E-state index >= 15 is 0 Å². The van der Waals surface area contributed by atoms with E-state index < -0.39 is 24.0 Å². The lowest BCUT2D eigenvalue weighted by molar-refractivity contribution is -0.136. The zero-order valence-electron chi connectivity index (χ0n) is 19.4. The number of aryl methyl sites for hydroxylation is 1. The van der Waals surface area contributed by atoms with Gasteiger partial charge in [0.1, 0.15) is 23.3 Å². The quantitative estimate of drug-likeness (QED) is 0.277. The summed E-state index contributed by atoms with van der Waals surface area (Å²) < 4.78 is 24.8. The van der Waals surface area contributed by atoms with Crippen molar-refractivity contribution >= 4 is 29.4 Å². The molecule has 0 aliphatic heterocycles. The maximum absolute atomic E-state index is 14.2. The highest BCUT2D eigenvalue weighted by Gasteiger charge is 2.21. The molecule has 0 saturated carbocycles. The van der Waals surface area contributed by atoms with Crippen molar-refractivity contribution in [3.05, 3.63) is 94.5 Å². The zero-order chi connectivity index (χ0) is 25.8. The molecule has 4 aromatic rings. The second kappa shape index (κ2) is 10.6. The Morgan fingerprint density at radius 1 is 1.06 bits per heavy atom. The number of aliphatic carboxylic acids is 1. The Morgan fingerprint density at radius 2 is 1.67 bits per heavy atom. The molecule has 0 radical (unpaired) electrons. The van der Waals surface area contributed by atoms with E-state index in [0.29, 0.717) is 22.7 Å². The molecule has 7 nitrogen and oxygen atoms in total. The van der Waals surface area contributed by atoms with Gasteiger partial charge < -0.3 is 14.4 Å². The largest absolute Gasteiger partial charge is 0.481 e. The van der Waals surface area contributed by atoms with Gasteiger partial charge in [0.2, 0.25) is 0 Å². The normalized spacial score (nSPS) is 11.7. The Balaban J connectivity index is 1.48. The minimum absolute atomic E-state index is 0.0314. The van der Waals surface area contributed by atoms with Gasteiger partial charge in [0, 0.05) is 16.1 Å². The van der Waals surface area contributed by atoms with E-state index in [9.17, 15) is 14.0 Å². The van der Waals surface area contributed by atoms with Gasteiger partial charge in [-0.2, -0.15) is 0 Å². The van der Waals surface area contributed by atoms with Crippen LogP contribution >= 0.6 is 11.6 Å². The maximum Gasteiger partial charge on any atom is 0.412 e. The van der Waals surface area contributed by atoms with Crippen molar-refractivity contribution in [2.45, 2.75) is 26.4 Å². The molecule has 0 saturated heterocycles. The van der Waals surface area contributed by atoms with Gasteiger partial charge in [-0.1, -0.05) is 71.4 Å². The number of anilines is 1. The van der Waals surface area contributed by atoms with Gasteiger partial charge in [-0.25, -0.2) is 9.18 Å². The molecule has 2 N–H and O–H groups in total. The molecule has 1 unspecified atom stereocenters. The van der Waals surface area contributed by atoms with E-state index in [0.717, 1.165) is 22.8 Å². The highest BCUT2D eigenvalue weighted by atomic mass is 35.5. The summed E-state index contributed by atoms with van der Waals surface area (Å²) in [4.78, 5) is 23.4. The standard InChI is InChI=1S/C27H22ClFN2O5/c1-15(22-12-11-21(28)14-23(22)29)35-27(34)30-25-16(2)36-31-26(25)20-9-7-19(8-10-20)18-5-3-17(4-6-18)13-24(32)33/h3-12,14-15H,13H2,1-2H3,(H,30,34)(H,32,33). The van der Waals surface area contributed by atoms with Crippen molar-refractivity contribution in [1.82, 2.24) is 5.16 Å². The number of nitrogens with one attached hydrogen (secondary N) is 1. The highest BCUT2D eigenvalue weighted by molar-refractivity contribution is 6.30. The monoisotopic (exact) mass is 508 g/mol. The van der Waals surface area contributed by atoms with Gasteiger partial charge in [-0.15, -0.1) is 0 Å². The van der Waals surface area contributed by atoms with Gasteiger partial charge in [0.15, 0.2) is 5.76 Å². The maximum atomic E-state index is 14.2. The molecule has 9 heteroatoms. The van der Waals surface area contributed by atoms with Crippen molar-refractivity contribution in [2.24, 2.45) is 0 Å². The molecular weight excluding hydrogens is 487 g/mol. The minimum Gasteiger partial charge on any atom is -0.481 e. The third kappa shape index (κ3) is 5.72. The summed E-state index contributed by atoms with van der Waals surface area (Å²) >= 11 is 5.79. The first-order valence-electron chi connectivity index (χ1n) is 11.0. The number of ether oxygens (including phenoxy) is 1. The van der Waals surface area contributed by atoms with Gasteiger partial charge in [0.05, 0.1) is 6.42 Å². The lowest BCUT2D eigenvalue weighted by Gasteiger charge is -2.15. The van der Waals surface area contributed by atoms with Crippen LogP contribution in [-0.2, 0) is 16.0 Å². The van der Waals surface area contributed by atoms with E-state index in [1.54, 1.807) is 26.0 Å². The topological polar surface area (TPSA) is 102 Å². The van der Waals surface area contributed by atoms with Gasteiger partial charge >= 0.3 is 12.1 Å². The van der Waals surface area contributed by atoms with Crippen molar-refractivity contribution in [2.75, 3.05) is 5.32 Å². The Hall–Kier alpha value is -4.17. The molecule has 0 spiro atoms. The molecular formula is C27H22ClFN2O5. The Kier molecular flexibility index (Phi) is 7.36. The first-order chi connectivity index (χ1) is 17.2. The van der Waals surface area contributed by atoms with Crippen LogP contribution < -0.4 is 5.32 Å². The molecule has 0 fully saturated rings. The summed E-state index contributed by atoms with van der Waals surface area (Å²) in [6.07, 6.45) is -1.68. The Morgan fingerprint density at radius 3 is 2.28 bits per heavy atom. The second-order valence-electron chi connectivity index (χ2n) is 8.15. The van der Waals surface area contributed by atoms with Gasteiger partial charge in [-0.05, 0) is 42.7 Å². The van der Waals surface area contributed by atoms with Crippen LogP contribution in [0.1, 0.15) is 29.9 Å². The molecule has 1 aromatic heterocycles. The summed E-state index contributed by atoms with van der Waals surface area (Å²) in [5.74, 6) is -1.07. The van der Waals surface area contributed by atoms with E-state index in [-0.39, 0.29) is 17.0 Å². The molecule has 4 rings (SSSR count). The van der Waals surface area contributed by atoms with Crippen LogP contribution in [-0.4, -0.2) is 22.3 Å². The van der Waals surface area contributed by atoms with E-state index in [4.69, 9.17) is 26.0 Å². The Labute approximate surface area is 211 Å². The van der Waals surface area contributed by atoms with Crippen molar-refractivity contribution in [3.8, 4) is 22.4 Å². The number of nitrogens with zero attached hydrogens (tertiary/aromatic N) is 1. The zero-order valence-corrected chi connectivity index (χ0v) is 20.2. The molecule has 3 aromatic carbocycles. The van der Waals surface area contributed by atoms with Gasteiger partial charge in [-0.3, -0.25) is 10.1 Å². The van der Waals surface area contributed by atoms with Crippen LogP contribution in [0.5, 0.6) is 0 Å². The second-order valence-corrected chi connectivity index (χ2v) is 8.58. The molecule has 1 amide bonds. The first-order valence-corrected chi connectivity index (χ1v) is 11.4. The number of carbonyl (C=O) groups excluding carboxylic acids is 1. The summed E-state index contributed by atoms with van der Waals surface area (Å²) in [6.45, 7) is 3.21. The average Bonchev–Trinajstić information content (AvgIpc) is 3.19. The number of benzene rings is 3. The lowest BCUT2D eigenvalue weighted by atomic mass is 10.0. The van der Waals surface area contributed by atoms with Crippen LogP contribution in [0.3, 0.4) is 0 Å². The Bertz CT molecular complexity index is 1400. The molecule has 1 heterocycles. The molecule has 184 valence electrons. The molecule has 0 aliphatic rings. The third-order valence-corrected chi connectivity index (χ3v) is 5.81. The minimum atomic E-state index is -0.880. The van der Waals surface area contributed by atoms with Crippen LogP contribution in [0.15, 0.2) is 71.3 Å². The predicted octanol–water partition coefficient (Wildman–Crippen LogP) is 7.05. The number of rotatable bonds is 7. The van der Waals surface area contributed by atoms with Crippen molar-refractivity contribution < 1.29 is 28.3 Å². The molecule has 0 aliphatic carbocycles.